The summed E-state index contributed by atoms with van der Waals surface area (Å²) in [5.74, 6) is -0.137. The Morgan fingerprint density at radius 2 is 2.05 bits per heavy atom. The summed E-state index contributed by atoms with van der Waals surface area (Å²) in [6.45, 7) is 1.31. The summed E-state index contributed by atoms with van der Waals surface area (Å²) < 4.78 is 5.49. The Bertz CT molecular complexity index is 539. The molecule has 0 saturated heterocycles. The smallest absolute Gasteiger partial charge is 0.255 e. The second-order valence-electron chi connectivity index (χ2n) is 4.12. The molecule has 0 atom stereocenters. The van der Waals surface area contributed by atoms with Crippen LogP contribution in [-0.4, -0.2) is 26.0 Å². The predicted octanol–water partition coefficient (Wildman–Crippen LogP) is 2.91. The molecule has 0 radical (unpaired) electrons. The monoisotopic (exact) mass is 322 g/mol. The summed E-state index contributed by atoms with van der Waals surface area (Å²) in [6, 6.07) is 11.7. The van der Waals surface area contributed by atoms with Gasteiger partial charge in [0.25, 0.3) is 5.91 Å². The topological polar surface area (TPSA) is 45.5 Å². The molecular formula is C14H15BrN2O2. The molecule has 2 aromatic rings. The van der Waals surface area contributed by atoms with Crippen molar-refractivity contribution in [1.82, 2.24) is 5.32 Å². The van der Waals surface area contributed by atoms with Crippen molar-refractivity contribution in [2.45, 2.75) is 0 Å². The molecule has 2 rings (SSSR count). The van der Waals surface area contributed by atoms with Crippen molar-refractivity contribution >= 4 is 27.5 Å². The number of furan rings is 1. The van der Waals surface area contributed by atoms with E-state index in [-0.39, 0.29) is 5.91 Å². The molecule has 19 heavy (non-hydrogen) atoms. The van der Waals surface area contributed by atoms with Gasteiger partial charge < -0.3 is 14.6 Å². The number of anilines is 1. The molecule has 1 aromatic carbocycles. The molecule has 0 unspecified atom stereocenters. The number of amides is 1. The zero-order valence-corrected chi connectivity index (χ0v) is 12.2. The van der Waals surface area contributed by atoms with Crippen LogP contribution in [0.2, 0.25) is 0 Å². The first-order chi connectivity index (χ1) is 9.18. The molecule has 1 N–H and O–H groups in total. The Kier molecular flexibility index (Phi) is 4.63. The van der Waals surface area contributed by atoms with Gasteiger partial charge in [-0.05, 0) is 34.1 Å². The van der Waals surface area contributed by atoms with E-state index in [1.54, 1.807) is 6.07 Å². The lowest BCUT2D eigenvalue weighted by molar-refractivity contribution is 0.0953. The van der Waals surface area contributed by atoms with Gasteiger partial charge in [0.1, 0.15) is 0 Å². The maximum Gasteiger partial charge on any atom is 0.255 e. The van der Waals surface area contributed by atoms with E-state index in [9.17, 15) is 4.79 Å². The van der Waals surface area contributed by atoms with Crippen molar-refractivity contribution in [3.63, 3.8) is 0 Å². The van der Waals surface area contributed by atoms with Crippen LogP contribution in [0, 0.1) is 0 Å². The zero-order valence-electron chi connectivity index (χ0n) is 10.6. The van der Waals surface area contributed by atoms with Crippen LogP contribution in [0.4, 0.5) is 5.69 Å². The molecular weight excluding hydrogens is 308 g/mol. The van der Waals surface area contributed by atoms with Crippen molar-refractivity contribution in [2.24, 2.45) is 0 Å². The third kappa shape index (κ3) is 3.61. The lowest BCUT2D eigenvalue weighted by Crippen LogP contribution is -2.32. The Morgan fingerprint density at radius 3 is 2.68 bits per heavy atom. The molecule has 1 amide bonds. The van der Waals surface area contributed by atoms with E-state index < -0.39 is 0 Å². The highest BCUT2D eigenvalue weighted by Gasteiger charge is 2.11. The van der Waals surface area contributed by atoms with Crippen LogP contribution < -0.4 is 10.2 Å². The van der Waals surface area contributed by atoms with Crippen LogP contribution in [0.1, 0.15) is 10.4 Å². The van der Waals surface area contributed by atoms with Gasteiger partial charge in [0.2, 0.25) is 0 Å². The summed E-state index contributed by atoms with van der Waals surface area (Å²) in [5, 5.41) is 2.86. The average Bonchev–Trinajstić information content (AvgIpc) is 2.86. The number of benzene rings is 1. The fourth-order valence-corrected chi connectivity index (χ4v) is 2.12. The SMILES string of the molecule is CN(CCNC(=O)c1ccoc1Br)c1ccccc1. The fourth-order valence-electron chi connectivity index (χ4n) is 1.70. The first-order valence-corrected chi connectivity index (χ1v) is 6.75. The van der Waals surface area contributed by atoms with Crippen LogP contribution >= 0.6 is 15.9 Å². The number of nitrogens with zero attached hydrogens (tertiary/aromatic N) is 1. The second kappa shape index (κ2) is 6.43. The van der Waals surface area contributed by atoms with Crippen LogP contribution in [0.25, 0.3) is 0 Å². The van der Waals surface area contributed by atoms with Gasteiger partial charge in [-0.25, -0.2) is 0 Å². The minimum Gasteiger partial charge on any atom is -0.457 e. The molecule has 0 bridgehead atoms. The van der Waals surface area contributed by atoms with Gasteiger partial charge in [-0.3, -0.25) is 4.79 Å². The molecule has 0 spiro atoms. The highest BCUT2D eigenvalue weighted by molar-refractivity contribution is 9.10. The number of halogens is 1. The second-order valence-corrected chi connectivity index (χ2v) is 4.84. The normalized spacial score (nSPS) is 10.2. The van der Waals surface area contributed by atoms with Gasteiger partial charge in [0, 0.05) is 25.8 Å². The number of nitrogens with one attached hydrogen (secondary N) is 1. The molecule has 0 aliphatic heterocycles. The van der Waals surface area contributed by atoms with Crippen LogP contribution in [0.15, 0.2) is 51.7 Å². The summed E-state index contributed by atoms with van der Waals surface area (Å²) in [5.41, 5.74) is 1.64. The van der Waals surface area contributed by atoms with Gasteiger partial charge >= 0.3 is 0 Å². The summed E-state index contributed by atoms with van der Waals surface area (Å²) in [6.07, 6.45) is 1.48. The van der Waals surface area contributed by atoms with Gasteiger partial charge in [0.15, 0.2) is 4.67 Å². The van der Waals surface area contributed by atoms with Gasteiger partial charge in [-0.15, -0.1) is 0 Å². The quantitative estimate of drug-likeness (QED) is 0.920. The third-order valence-corrected chi connectivity index (χ3v) is 3.41. The van der Waals surface area contributed by atoms with E-state index in [0.717, 1.165) is 12.2 Å². The first kappa shape index (κ1) is 13.7. The van der Waals surface area contributed by atoms with Gasteiger partial charge in [-0.1, -0.05) is 18.2 Å². The Hall–Kier alpha value is -1.75. The van der Waals surface area contributed by atoms with Crippen LogP contribution in [-0.2, 0) is 0 Å². The van der Waals surface area contributed by atoms with Gasteiger partial charge in [0.05, 0.1) is 11.8 Å². The lowest BCUT2D eigenvalue weighted by atomic mass is 10.3. The third-order valence-electron chi connectivity index (χ3n) is 2.79. The Balaban J connectivity index is 1.81. The van der Waals surface area contributed by atoms with Crippen molar-refractivity contribution < 1.29 is 9.21 Å². The van der Waals surface area contributed by atoms with E-state index in [4.69, 9.17) is 4.42 Å². The number of carbonyl (C=O) groups excluding carboxylic acids is 1. The summed E-state index contributed by atoms with van der Waals surface area (Å²) in [7, 11) is 2.00. The lowest BCUT2D eigenvalue weighted by Gasteiger charge is -2.19. The molecule has 4 nitrogen and oxygen atoms in total. The molecule has 0 saturated carbocycles. The van der Waals surface area contributed by atoms with Crippen molar-refractivity contribution in [2.75, 3.05) is 25.0 Å². The number of hydrogen-bond donors (Lipinski definition) is 1. The molecule has 0 aliphatic carbocycles. The molecule has 0 fully saturated rings. The number of para-hydroxylation sites is 1. The fraction of sp³-hybridized carbons (Fsp3) is 0.214. The summed E-state index contributed by atoms with van der Waals surface area (Å²) >= 11 is 3.19. The van der Waals surface area contributed by atoms with E-state index in [0.29, 0.717) is 16.8 Å². The number of hydrogen-bond acceptors (Lipinski definition) is 3. The molecule has 1 heterocycles. The molecule has 1 aromatic heterocycles. The maximum atomic E-state index is 11.8. The Labute approximate surface area is 120 Å². The minimum atomic E-state index is -0.137. The van der Waals surface area contributed by atoms with E-state index >= 15 is 0 Å². The highest BCUT2D eigenvalue weighted by atomic mass is 79.9. The van der Waals surface area contributed by atoms with Crippen molar-refractivity contribution in [3.8, 4) is 0 Å². The van der Waals surface area contributed by atoms with Crippen molar-refractivity contribution in [3.05, 3.63) is 52.9 Å². The molecule has 5 heteroatoms. The summed E-state index contributed by atoms with van der Waals surface area (Å²) in [4.78, 5) is 13.9. The van der Waals surface area contributed by atoms with Crippen molar-refractivity contribution in [1.29, 1.82) is 0 Å². The van der Waals surface area contributed by atoms with Gasteiger partial charge in [-0.2, -0.15) is 0 Å². The molecule has 100 valence electrons. The Morgan fingerprint density at radius 1 is 1.32 bits per heavy atom. The van der Waals surface area contributed by atoms with Crippen LogP contribution in [0.5, 0.6) is 0 Å². The van der Waals surface area contributed by atoms with E-state index in [1.807, 2.05) is 37.4 Å². The minimum absolute atomic E-state index is 0.137. The zero-order chi connectivity index (χ0) is 13.7. The maximum absolute atomic E-state index is 11.8. The standard InChI is InChI=1S/C14H15BrN2O2/c1-17(11-5-3-2-4-6-11)9-8-16-14(18)12-7-10-19-13(12)15/h2-7,10H,8-9H2,1H3,(H,16,18). The predicted molar refractivity (Wildman–Crippen MR) is 78.5 cm³/mol. The van der Waals surface area contributed by atoms with E-state index in [1.165, 1.54) is 6.26 Å². The number of likely N-dealkylation sites (N-methyl/N-ethyl adjacent to an activating group) is 1. The number of carbonyl (C=O) groups is 1. The number of rotatable bonds is 5. The molecule has 0 aliphatic rings. The first-order valence-electron chi connectivity index (χ1n) is 5.96. The van der Waals surface area contributed by atoms with E-state index in [2.05, 4.69) is 26.1 Å². The largest absolute Gasteiger partial charge is 0.457 e. The van der Waals surface area contributed by atoms with Crippen LogP contribution in [0.3, 0.4) is 0 Å². The highest BCUT2D eigenvalue weighted by Crippen LogP contribution is 2.17. The average molecular weight is 323 g/mol.